The Bertz CT molecular complexity index is 1350. The van der Waals surface area contributed by atoms with E-state index >= 15 is 0 Å². The Morgan fingerprint density at radius 3 is 1.74 bits per heavy atom. The van der Waals surface area contributed by atoms with Crippen molar-refractivity contribution >= 4 is 11.4 Å². The third-order valence-corrected chi connectivity index (χ3v) is 6.04. The first-order valence-corrected chi connectivity index (χ1v) is 12.5. The Balaban J connectivity index is 0.000000242. The van der Waals surface area contributed by atoms with Crippen molar-refractivity contribution in [2.24, 2.45) is 0 Å². The van der Waals surface area contributed by atoms with Crippen molar-refractivity contribution in [1.82, 2.24) is 20.2 Å². The maximum absolute atomic E-state index is 4.84. The van der Waals surface area contributed by atoms with Gasteiger partial charge in [-0.3, -0.25) is 9.97 Å². The van der Waals surface area contributed by atoms with E-state index in [2.05, 4.69) is 55.1 Å². The summed E-state index contributed by atoms with van der Waals surface area (Å²) >= 11 is 0. The van der Waals surface area contributed by atoms with E-state index in [-0.39, 0.29) is 31.9 Å². The van der Waals surface area contributed by atoms with Crippen LogP contribution < -0.4 is 5.10 Å². The second kappa shape index (κ2) is 12.8. The van der Waals surface area contributed by atoms with Crippen LogP contribution in [0.15, 0.2) is 109 Å². The largest absolute Gasteiger partial charge is 2.00 e. The smallest absolute Gasteiger partial charge is 0.658 e. The van der Waals surface area contributed by atoms with Gasteiger partial charge in [0.05, 0.1) is 11.4 Å². The number of rotatable bonds is 5. The summed E-state index contributed by atoms with van der Waals surface area (Å²) < 4.78 is 0. The van der Waals surface area contributed by atoms with Gasteiger partial charge in [-0.15, -0.1) is 11.4 Å². The zero-order chi connectivity index (χ0) is 26.3. The van der Waals surface area contributed by atoms with Gasteiger partial charge in [0, 0.05) is 28.4 Å². The molecule has 2 aromatic carbocycles. The number of nitrogens with zero attached hydrogens (tertiary/aromatic N) is 5. The summed E-state index contributed by atoms with van der Waals surface area (Å²) in [7, 11) is 0. The number of hydrogen-bond donors (Lipinski definition) is 0. The Morgan fingerprint density at radius 2 is 1.21 bits per heavy atom. The molecule has 5 nitrogen and oxygen atoms in total. The molecule has 0 fully saturated rings. The molecule has 0 spiro atoms. The van der Waals surface area contributed by atoms with E-state index in [4.69, 9.17) is 4.98 Å². The molecule has 0 aliphatic carbocycles. The van der Waals surface area contributed by atoms with Gasteiger partial charge < -0.3 is 15.5 Å². The quantitative estimate of drug-likeness (QED) is 0.188. The van der Waals surface area contributed by atoms with E-state index < -0.39 is 0 Å². The first-order chi connectivity index (χ1) is 17.7. The van der Waals surface area contributed by atoms with E-state index in [9.17, 15) is 0 Å². The average Bonchev–Trinajstić information content (AvgIpc) is 3.42. The van der Waals surface area contributed by atoms with Crippen molar-refractivity contribution in [3.05, 3.63) is 132 Å². The standard InChI is InChI=1S/C20H23N4.C12H10N.Pt/c1-19(2,3)18-13-15(23-24-18)14-9-8-11-17(22-14)20(4,5)16-10-6-7-12-21-16;1-3-7-11(8-4-1)13-12-9-5-2-6-10-12;/h6-13H,1-5H3;1-10H;/q2*-1;+2. The topological polar surface area (TPSA) is 66.9 Å². The van der Waals surface area contributed by atoms with Crippen molar-refractivity contribution in [1.29, 1.82) is 0 Å². The Kier molecular flexibility index (Phi) is 9.77. The van der Waals surface area contributed by atoms with Gasteiger partial charge in [-0.25, -0.2) is 0 Å². The van der Waals surface area contributed by atoms with Crippen LogP contribution in [0.1, 0.15) is 51.7 Å². The van der Waals surface area contributed by atoms with E-state index in [1.54, 1.807) is 0 Å². The Labute approximate surface area is 240 Å². The molecule has 0 aliphatic rings. The van der Waals surface area contributed by atoms with E-state index in [1.165, 1.54) is 0 Å². The fourth-order valence-electron chi connectivity index (χ4n) is 3.73. The van der Waals surface area contributed by atoms with E-state index in [1.807, 2.05) is 109 Å². The van der Waals surface area contributed by atoms with Crippen LogP contribution in [-0.2, 0) is 31.9 Å². The molecule has 5 rings (SSSR count). The van der Waals surface area contributed by atoms with Crippen LogP contribution in [0.4, 0.5) is 11.4 Å². The molecule has 5 aromatic rings. The first-order valence-electron chi connectivity index (χ1n) is 12.5. The Hall–Kier alpha value is -3.56. The predicted molar refractivity (Wildman–Crippen MR) is 151 cm³/mol. The summed E-state index contributed by atoms with van der Waals surface area (Å²) in [4.78, 5) is 9.34. The normalized spacial score (nSPS) is 11.1. The second-order valence-corrected chi connectivity index (χ2v) is 10.4. The number of aromatic nitrogens is 4. The minimum absolute atomic E-state index is 0. The number of pyridine rings is 2. The van der Waals surface area contributed by atoms with Crippen LogP contribution in [0, 0.1) is 0 Å². The summed E-state index contributed by atoms with van der Waals surface area (Å²) in [6.07, 6.45) is 1.82. The van der Waals surface area contributed by atoms with Crippen LogP contribution >= 0.6 is 0 Å². The molecule has 0 bridgehead atoms. The van der Waals surface area contributed by atoms with Gasteiger partial charge in [-0.2, -0.15) is 0 Å². The maximum Gasteiger partial charge on any atom is 2.00 e. The molecule has 0 N–H and O–H groups in total. The molecule has 0 amide bonds. The first kappa shape index (κ1) is 29.0. The van der Waals surface area contributed by atoms with Crippen LogP contribution in [-0.4, -0.2) is 15.1 Å². The molecular formula is C32H33N5Pt. The van der Waals surface area contributed by atoms with Gasteiger partial charge >= 0.3 is 21.1 Å². The van der Waals surface area contributed by atoms with Crippen molar-refractivity contribution < 1.29 is 21.1 Å². The van der Waals surface area contributed by atoms with E-state index in [0.717, 1.165) is 39.8 Å². The SMILES string of the molecule is CC(C)(C)c1cc(-c2cccc(C(C)(C)c3ccccn3)n2)[n-]n1.[Pt+2].c1ccc([N-]c2ccccc2)cc1. The van der Waals surface area contributed by atoms with Gasteiger partial charge in [-0.05, 0) is 38.1 Å². The molecule has 0 aliphatic heterocycles. The molecule has 3 aromatic heterocycles. The minimum atomic E-state index is -0.274. The molecule has 196 valence electrons. The van der Waals surface area contributed by atoms with Gasteiger partial charge in [0.15, 0.2) is 0 Å². The molecule has 0 radical (unpaired) electrons. The van der Waals surface area contributed by atoms with Crippen LogP contribution in [0.5, 0.6) is 0 Å². The maximum atomic E-state index is 4.84. The molecule has 3 heterocycles. The number of hydrogen-bond acceptors (Lipinski definition) is 3. The van der Waals surface area contributed by atoms with Gasteiger partial charge in [0.25, 0.3) is 0 Å². The molecule has 38 heavy (non-hydrogen) atoms. The van der Waals surface area contributed by atoms with Crippen molar-refractivity contribution in [3.63, 3.8) is 0 Å². The molecular weight excluding hydrogens is 649 g/mol. The summed E-state index contributed by atoms with van der Waals surface area (Å²) in [5.74, 6) is 0. The molecule has 6 heteroatoms. The fourth-order valence-corrected chi connectivity index (χ4v) is 3.73. The number of para-hydroxylation sites is 2. The van der Waals surface area contributed by atoms with Gasteiger partial charge in [-0.1, -0.05) is 105 Å². The summed E-state index contributed by atoms with van der Waals surface area (Å²) in [5, 5.41) is 13.1. The third kappa shape index (κ3) is 7.49. The molecule has 0 atom stereocenters. The van der Waals surface area contributed by atoms with Crippen molar-refractivity contribution in [3.8, 4) is 11.4 Å². The summed E-state index contributed by atoms with van der Waals surface area (Å²) in [6, 6.07) is 33.9. The van der Waals surface area contributed by atoms with Crippen molar-refractivity contribution in [2.45, 2.75) is 45.4 Å². The van der Waals surface area contributed by atoms with Gasteiger partial charge in [0.2, 0.25) is 0 Å². The zero-order valence-electron chi connectivity index (χ0n) is 22.4. The van der Waals surface area contributed by atoms with Crippen LogP contribution in [0.2, 0.25) is 0 Å². The monoisotopic (exact) mass is 682 g/mol. The molecule has 0 unspecified atom stereocenters. The minimum Gasteiger partial charge on any atom is -0.658 e. The van der Waals surface area contributed by atoms with Gasteiger partial charge in [0.1, 0.15) is 0 Å². The van der Waals surface area contributed by atoms with E-state index in [0.29, 0.717) is 0 Å². The van der Waals surface area contributed by atoms with Crippen LogP contribution in [0.25, 0.3) is 16.7 Å². The molecule has 0 saturated heterocycles. The summed E-state index contributed by atoms with van der Waals surface area (Å²) in [6.45, 7) is 10.7. The summed E-state index contributed by atoms with van der Waals surface area (Å²) in [5.41, 5.74) is 6.31. The van der Waals surface area contributed by atoms with Crippen LogP contribution in [0.3, 0.4) is 0 Å². The Morgan fingerprint density at radius 1 is 0.632 bits per heavy atom. The second-order valence-electron chi connectivity index (χ2n) is 10.4. The number of benzene rings is 2. The zero-order valence-corrected chi connectivity index (χ0v) is 24.7. The van der Waals surface area contributed by atoms with Crippen molar-refractivity contribution in [2.75, 3.05) is 0 Å². The molecule has 0 saturated carbocycles. The third-order valence-electron chi connectivity index (χ3n) is 6.04. The fraction of sp³-hybridized carbons (Fsp3) is 0.219. The predicted octanol–water partition coefficient (Wildman–Crippen LogP) is 8.14. The average molecular weight is 683 g/mol.